The number of nitrogens with one attached hydrogen (secondary N) is 1. The van der Waals surface area contributed by atoms with E-state index in [1.165, 1.54) is 12.1 Å². The van der Waals surface area contributed by atoms with Crippen molar-refractivity contribution in [3.63, 3.8) is 0 Å². The molecule has 19 heavy (non-hydrogen) atoms. The van der Waals surface area contributed by atoms with Crippen LogP contribution in [0, 0.1) is 5.82 Å². The van der Waals surface area contributed by atoms with Gasteiger partial charge < -0.3 is 5.32 Å². The molecule has 0 saturated heterocycles. The van der Waals surface area contributed by atoms with E-state index in [9.17, 15) is 9.18 Å². The molecule has 1 aromatic carbocycles. The first-order valence-electron chi connectivity index (χ1n) is 5.80. The summed E-state index contributed by atoms with van der Waals surface area (Å²) in [6.45, 7) is 1.92. The molecule has 1 amide bonds. The highest BCUT2D eigenvalue weighted by Gasteiger charge is 2.15. The first-order chi connectivity index (χ1) is 9.01. The van der Waals surface area contributed by atoms with Gasteiger partial charge >= 0.3 is 0 Å². The lowest BCUT2D eigenvalue weighted by molar-refractivity contribution is 0.102. The zero-order chi connectivity index (χ0) is 14.0. The molecule has 4 nitrogen and oxygen atoms in total. The van der Waals surface area contributed by atoms with Gasteiger partial charge in [-0.05, 0) is 24.6 Å². The Morgan fingerprint density at radius 2 is 2.26 bits per heavy atom. The Kier molecular flexibility index (Phi) is 3.99. The smallest absolute Gasteiger partial charge is 0.259 e. The summed E-state index contributed by atoms with van der Waals surface area (Å²) in [6, 6.07) is 4.49. The molecule has 0 aliphatic rings. The van der Waals surface area contributed by atoms with E-state index in [1.54, 1.807) is 24.0 Å². The number of nitrogens with zero attached hydrogens (tertiary/aromatic N) is 2. The minimum absolute atomic E-state index is 0.152. The van der Waals surface area contributed by atoms with Crippen molar-refractivity contribution in [3.8, 4) is 0 Å². The number of hydrogen-bond donors (Lipinski definition) is 1. The van der Waals surface area contributed by atoms with Gasteiger partial charge in [-0.2, -0.15) is 5.10 Å². The maximum atomic E-state index is 13.6. The van der Waals surface area contributed by atoms with Crippen molar-refractivity contribution in [1.29, 1.82) is 0 Å². The molecule has 0 unspecified atom stereocenters. The van der Waals surface area contributed by atoms with Crippen LogP contribution in [0.25, 0.3) is 0 Å². The fourth-order valence-corrected chi connectivity index (χ4v) is 2.10. The molecule has 0 aliphatic carbocycles. The summed E-state index contributed by atoms with van der Waals surface area (Å²) in [5, 5.41) is 6.74. The Bertz CT molecular complexity index is 624. The highest BCUT2D eigenvalue weighted by Crippen LogP contribution is 2.20. The first kappa shape index (κ1) is 13.7. The molecule has 1 aromatic heterocycles. The lowest BCUT2D eigenvalue weighted by Gasteiger charge is -2.06. The predicted molar refractivity (Wildman–Crippen MR) is 74.6 cm³/mol. The maximum Gasteiger partial charge on any atom is 0.259 e. The van der Waals surface area contributed by atoms with Crippen molar-refractivity contribution < 1.29 is 9.18 Å². The van der Waals surface area contributed by atoms with Crippen molar-refractivity contribution in [2.75, 3.05) is 5.32 Å². The quantitative estimate of drug-likeness (QED) is 0.942. The fraction of sp³-hybridized carbons (Fsp3) is 0.231. The molecule has 0 aliphatic heterocycles. The highest BCUT2D eigenvalue weighted by atomic mass is 79.9. The summed E-state index contributed by atoms with van der Waals surface area (Å²) in [6.07, 6.45) is 2.28. The van der Waals surface area contributed by atoms with E-state index >= 15 is 0 Å². The molecule has 0 spiro atoms. The SMILES string of the molecule is CCc1nn(C)cc1C(=O)Nc1ccc(Br)cc1F. The molecule has 0 bridgehead atoms. The number of anilines is 1. The fourth-order valence-electron chi connectivity index (χ4n) is 1.77. The second-order valence-electron chi connectivity index (χ2n) is 4.09. The molecule has 2 aromatic rings. The lowest BCUT2D eigenvalue weighted by Crippen LogP contribution is -2.14. The molecule has 1 heterocycles. The van der Waals surface area contributed by atoms with Gasteiger partial charge in [-0.1, -0.05) is 22.9 Å². The van der Waals surface area contributed by atoms with Gasteiger partial charge in [0, 0.05) is 17.7 Å². The Morgan fingerprint density at radius 1 is 1.53 bits per heavy atom. The van der Waals surface area contributed by atoms with Crippen LogP contribution in [-0.4, -0.2) is 15.7 Å². The average molecular weight is 326 g/mol. The topological polar surface area (TPSA) is 46.9 Å². The van der Waals surface area contributed by atoms with E-state index in [2.05, 4.69) is 26.3 Å². The van der Waals surface area contributed by atoms with Crippen LogP contribution in [0.15, 0.2) is 28.9 Å². The number of carbonyl (C=O) groups excluding carboxylic acids is 1. The molecule has 6 heteroatoms. The van der Waals surface area contributed by atoms with E-state index < -0.39 is 5.82 Å². The molecule has 0 atom stereocenters. The molecule has 1 N–H and O–H groups in total. The highest BCUT2D eigenvalue weighted by molar-refractivity contribution is 9.10. The number of benzene rings is 1. The Balaban J connectivity index is 2.25. The average Bonchev–Trinajstić information content (AvgIpc) is 2.74. The van der Waals surface area contributed by atoms with Gasteiger partial charge in [0.2, 0.25) is 0 Å². The van der Waals surface area contributed by atoms with Crippen LogP contribution >= 0.6 is 15.9 Å². The van der Waals surface area contributed by atoms with E-state index in [0.717, 1.165) is 0 Å². The van der Waals surface area contributed by atoms with E-state index in [0.29, 0.717) is 22.2 Å². The number of hydrogen-bond acceptors (Lipinski definition) is 2. The third-order valence-electron chi connectivity index (χ3n) is 2.66. The van der Waals surface area contributed by atoms with Crippen LogP contribution in [-0.2, 0) is 13.5 Å². The van der Waals surface area contributed by atoms with Crippen LogP contribution < -0.4 is 5.32 Å². The van der Waals surface area contributed by atoms with E-state index in [1.807, 2.05) is 6.92 Å². The standard InChI is InChI=1S/C13H13BrFN3O/c1-3-11-9(7-18(2)17-11)13(19)16-12-5-4-8(14)6-10(12)15/h4-7H,3H2,1-2H3,(H,16,19). The predicted octanol–water partition coefficient (Wildman–Crippen LogP) is 3.14. The zero-order valence-corrected chi connectivity index (χ0v) is 12.2. The van der Waals surface area contributed by atoms with Gasteiger partial charge in [-0.15, -0.1) is 0 Å². The first-order valence-corrected chi connectivity index (χ1v) is 6.59. The van der Waals surface area contributed by atoms with Gasteiger partial charge in [0.25, 0.3) is 5.91 Å². The number of amides is 1. The molecule has 2 rings (SSSR count). The normalized spacial score (nSPS) is 10.5. The van der Waals surface area contributed by atoms with Crippen LogP contribution in [0.4, 0.5) is 10.1 Å². The number of aromatic nitrogens is 2. The number of rotatable bonds is 3. The maximum absolute atomic E-state index is 13.6. The van der Waals surface area contributed by atoms with Crippen LogP contribution in [0.2, 0.25) is 0 Å². The zero-order valence-electron chi connectivity index (χ0n) is 10.6. The van der Waals surface area contributed by atoms with E-state index in [-0.39, 0.29) is 11.6 Å². The van der Waals surface area contributed by atoms with Crippen LogP contribution in [0.1, 0.15) is 23.0 Å². The van der Waals surface area contributed by atoms with Gasteiger partial charge in [0.05, 0.1) is 16.9 Å². The molecule has 0 fully saturated rings. The minimum atomic E-state index is -0.482. The largest absolute Gasteiger partial charge is 0.319 e. The third-order valence-corrected chi connectivity index (χ3v) is 3.16. The summed E-state index contributed by atoms with van der Waals surface area (Å²) in [7, 11) is 1.75. The van der Waals surface area contributed by atoms with Gasteiger partial charge in [-0.3, -0.25) is 9.48 Å². The lowest BCUT2D eigenvalue weighted by atomic mass is 10.2. The monoisotopic (exact) mass is 325 g/mol. The summed E-state index contributed by atoms with van der Waals surface area (Å²) >= 11 is 3.17. The summed E-state index contributed by atoms with van der Waals surface area (Å²) in [4.78, 5) is 12.1. The molecular weight excluding hydrogens is 313 g/mol. The van der Waals surface area contributed by atoms with Crippen molar-refractivity contribution in [3.05, 3.63) is 45.9 Å². The van der Waals surface area contributed by atoms with Gasteiger partial charge in [0.1, 0.15) is 5.82 Å². The molecular formula is C13H13BrFN3O. The van der Waals surface area contributed by atoms with Crippen molar-refractivity contribution in [2.45, 2.75) is 13.3 Å². The molecule has 100 valence electrons. The number of carbonyl (C=O) groups is 1. The van der Waals surface area contributed by atoms with Crippen LogP contribution in [0.5, 0.6) is 0 Å². The minimum Gasteiger partial charge on any atom is -0.319 e. The summed E-state index contributed by atoms with van der Waals surface area (Å²) in [5.74, 6) is -0.837. The second-order valence-corrected chi connectivity index (χ2v) is 5.01. The summed E-state index contributed by atoms with van der Waals surface area (Å²) < 4.78 is 15.8. The van der Waals surface area contributed by atoms with Gasteiger partial charge in [-0.25, -0.2) is 4.39 Å². The Morgan fingerprint density at radius 3 is 2.89 bits per heavy atom. The van der Waals surface area contributed by atoms with Crippen molar-refractivity contribution in [1.82, 2.24) is 9.78 Å². The Labute approximate surface area is 118 Å². The van der Waals surface area contributed by atoms with Gasteiger partial charge in [0.15, 0.2) is 0 Å². The molecule has 0 saturated carbocycles. The molecule has 0 radical (unpaired) electrons. The van der Waals surface area contributed by atoms with Crippen molar-refractivity contribution >= 4 is 27.5 Å². The Hall–Kier alpha value is -1.69. The number of aryl methyl sites for hydroxylation is 2. The van der Waals surface area contributed by atoms with E-state index in [4.69, 9.17) is 0 Å². The van der Waals surface area contributed by atoms with Crippen LogP contribution in [0.3, 0.4) is 0 Å². The third kappa shape index (κ3) is 3.01. The summed E-state index contributed by atoms with van der Waals surface area (Å²) in [5.41, 5.74) is 1.31. The van der Waals surface area contributed by atoms with Crippen molar-refractivity contribution in [2.24, 2.45) is 7.05 Å². The number of halogens is 2. The second kappa shape index (κ2) is 5.52.